The lowest BCUT2D eigenvalue weighted by Crippen LogP contribution is -2.33. The number of fused-ring (bicyclic) bond motifs is 2. The second kappa shape index (κ2) is 5.88. The summed E-state index contributed by atoms with van der Waals surface area (Å²) in [7, 11) is -3.75. The van der Waals surface area contributed by atoms with Gasteiger partial charge in [0.15, 0.2) is 5.82 Å². The predicted octanol–water partition coefficient (Wildman–Crippen LogP) is 1.50. The van der Waals surface area contributed by atoms with Crippen molar-refractivity contribution in [2.45, 2.75) is 50.6 Å². The molecule has 0 bridgehead atoms. The Morgan fingerprint density at radius 3 is 3.08 bits per heavy atom. The average Bonchev–Trinajstić information content (AvgIpc) is 3.19. The molecule has 9 nitrogen and oxygen atoms in total. The molecule has 3 aromatic rings. The lowest BCUT2D eigenvalue weighted by molar-refractivity contribution is 0.399. The van der Waals surface area contributed by atoms with Crippen LogP contribution >= 0.6 is 0 Å². The smallest absolute Gasteiger partial charge is 0.257 e. The van der Waals surface area contributed by atoms with Crippen molar-refractivity contribution in [3.05, 3.63) is 29.6 Å². The molecule has 25 heavy (non-hydrogen) atoms. The van der Waals surface area contributed by atoms with Crippen molar-refractivity contribution in [2.24, 2.45) is 0 Å². The molecule has 0 unspecified atom stereocenters. The molecule has 0 radical (unpaired) electrons. The van der Waals surface area contributed by atoms with E-state index in [0.29, 0.717) is 35.5 Å². The lowest BCUT2D eigenvalue weighted by Gasteiger charge is -2.22. The van der Waals surface area contributed by atoms with E-state index in [1.807, 2.05) is 6.92 Å². The molecule has 4 rings (SSSR count). The van der Waals surface area contributed by atoms with Crippen LogP contribution in [0.25, 0.3) is 11.1 Å². The van der Waals surface area contributed by atoms with Crippen molar-refractivity contribution in [1.82, 2.24) is 29.6 Å². The topological polar surface area (TPSA) is 116 Å². The van der Waals surface area contributed by atoms with Gasteiger partial charge in [0, 0.05) is 13.0 Å². The molecule has 0 aromatic carbocycles. The first kappa shape index (κ1) is 16.2. The van der Waals surface area contributed by atoms with E-state index in [1.165, 1.54) is 12.3 Å². The Hall–Kier alpha value is -2.33. The summed E-state index contributed by atoms with van der Waals surface area (Å²) < 4.78 is 35.2. The Bertz CT molecular complexity index is 1040. The third-order valence-electron chi connectivity index (χ3n) is 4.33. The molecular formula is C15H18N6O3S. The zero-order valence-corrected chi connectivity index (χ0v) is 14.7. The molecule has 1 N–H and O–H groups in total. The number of nitrogens with zero attached hydrogens (tertiary/aromatic N) is 5. The van der Waals surface area contributed by atoms with Gasteiger partial charge in [-0.2, -0.15) is 5.10 Å². The Kier molecular flexibility index (Phi) is 3.80. The number of nitrogens with one attached hydrogen (secondary N) is 1. The van der Waals surface area contributed by atoms with Gasteiger partial charge in [-0.3, -0.25) is 0 Å². The van der Waals surface area contributed by atoms with Crippen LogP contribution < -0.4 is 4.72 Å². The number of hydrogen-bond acceptors (Lipinski definition) is 7. The van der Waals surface area contributed by atoms with Gasteiger partial charge in [-0.05, 0) is 25.8 Å². The highest BCUT2D eigenvalue weighted by Gasteiger charge is 2.29. The van der Waals surface area contributed by atoms with Gasteiger partial charge in [0.2, 0.25) is 10.0 Å². The molecule has 4 heterocycles. The van der Waals surface area contributed by atoms with Gasteiger partial charge < -0.3 is 4.52 Å². The van der Waals surface area contributed by atoms with Crippen LogP contribution in [0, 0.1) is 6.92 Å². The van der Waals surface area contributed by atoms with Gasteiger partial charge in [-0.1, -0.05) is 12.1 Å². The highest BCUT2D eigenvalue weighted by molar-refractivity contribution is 7.89. The average molecular weight is 362 g/mol. The molecule has 0 aliphatic carbocycles. The minimum absolute atomic E-state index is 0.0821. The van der Waals surface area contributed by atoms with E-state index in [1.54, 1.807) is 11.6 Å². The van der Waals surface area contributed by atoms with Crippen LogP contribution in [0.3, 0.4) is 0 Å². The molecular weight excluding hydrogens is 344 g/mol. The minimum atomic E-state index is -3.75. The van der Waals surface area contributed by atoms with Gasteiger partial charge in [0.05, 0.1) is 23.3 Å². The maximum absolute atomic E-state index is 12.8. The Balaban J connectivity index is 1.67. The standard InChI is InChI=1S/C15H18N6O3S/c1-3-13-17-14-12(5-4-6-21(14)18-13)20-25(22,23)10-7-11-9(2)19-24-15(11)16-8-10/h7-8,12,20H,3-6H2,1-2H3/t12-/m1/s1. The third kappa shape index (κ3) is 2.81. The van der Waals surface area contributed by atoms with Crippen molar-refractivity contribution in [1.29, 1.82) is 0 Å². The number of pyridine rings is 1. The molecule has 10 heteroatoms. The van der Waals surface area contributed by atoms with Gasteiger partial charge in [0.25, 0.3) is 5.71 Å². The summed E-state index contributed by atoms with van der Waals surface area (Å²) >= 11 is 0. The van der Waals surface area contributed by atoms with E-state index in [9.17, 15) is 8.42 Å². The fraction of sp³-hybridized carbons (Fsp3) is 0.467. The summed E-state index contributed by atoms with van der Waals surface area (Å²) in [4.78, 5) is 8.59. The van der Waals surface area contributed by atoms with E-state index in [-0.39, 0.29) is 4.90 Å². The van der Waals surface area contributed by atoms with Crippen LogP contribution in [0.5, 0.6) is 0 Å². The molecule has 132 valence electrons. The molecule has 1 atom stereocenters. The Morgan fingerprint density at radius 2 is 2.28 bits per heavy atom. The van der Waals surface area contributed by atoms with Crippen molar-refractivity contribution >= 4 is 21.1 Å². The molecule has 0 fully saturated rings. The largest absolute Gasteiger partial charge is 0.336 e. The van der Waals surface area contributed by atoms with Crippen molar-refractivity contribution in [2.75, 3.05) is 0 Å². The predicted molar refractivity (Wildman–Crippen MR) is 88.2 cm³/mol. The van der Waals surface area contributed by atoms with E-state index < -0.39 is 16.1 Å². The van der Waals surface area contributed by atoms with Crippen LogP contribution in [0.4, 0.5) is 0 Å². The fourth-order valence-corrected chi connectivity index (χ4v) is 4.19. The zero-order valence-electron chi connectivity index (χ0n) is 13.9. The van der Waals surface area contributed by atoms with Gasteiger partial charge in [0.1, 0.15) is 10.7 Å². The maximum atomic E-state index is 12.8. The molecule has 0 amide bonds. The summed E-state index contributed by atoms with van der Waals surface area (Å²) in [6, 6.07) is 1.13. The van der Waals surface area contributed by atoms with Gasteiger partial charge in [-0.15, -0.1) is 0 Å². The van der Waals surface area contributed by atoms with Crippen LogP contribution in [-0.4, -0.2) is 33.3 Å². The molecule has 1 aliphatic rings. The van der Waals surface area contributed by atoms with E-state index in [0.717, 1.165) is 18.8 Å². The summed E-state index contributed by atoms with van der Waals surface area (Å²) in [5.41, 5.74) is 0.922. The van der Waals surface area contributed by atoms with Crippen molar-refractivity contribution < 1.29 is 12.9 Å². The fourth-order valence-electron chi connectivity index (χ4n) is 2.99. The van der Waals surface area contributed by atoms with Gasteiger partial charge >= 0.3 is 0 Å². The second-order valence-corrected chi connectivity index (χ2v) is 7.78. The molecule has 1 aliphatic heterocycles. The van der Waals surface area contributed by atoms with E-state index >= 15 is 0 Å². The van der Waals surface area contributed by atoms with E-state index in [4.69, 9.17) is 4.52 Å². The summed E-state index contributed by atoms with van der Waals surface area (Å²) in [5.74, 6) is 1.39. The van der Waals surface area contributed by atoms with Gasteiger partial charge in [-0.25, -0.2) is 27.8 Å². The summed E-state index contributed by atoms with van der Waals surface area (Å²) in [6.07, 6.45) is 3.52. The second-order valence-electron chi connectivity index (χ2n) is 6.07. The minimum Gasteiger partial charge on any atom is -0.336 e. The SMILES string of the molecule is CCc1nc2n(n1)CCC[C@H]2NS(=O)(=O)c1cnc2onc(C)c2c1. The number of sulfonamides is 1. The highest BCUT2D eigenvalue weighted by Crippen LogP contribution is 2.26. The van der Waals surface area contributed by atoms with Crippen molar-refractivity contribution in [3.63, 3.8) is 0 Å². The summed E-state index contributed by atoms with van der Waals surface area (Å²) in [5, 5.41) is 8.79. The monoisotopic (exact) mass is 362 g/mol. The lowest BCUT2D eigenvalue weighted by atomic mass is 10.1. The maximum Gasteiger partial charge on any atom is 0.257 e. The molecule has 3 aromatic heterocycles. The third-order valence-corrected chi connectivity index (χ3v) is 5.77. The quantitative estimate of drug-likeness (QED) is 0.747. The number of aryl methyl sites for hydroxylation is 3. The number of hydrogen-bond donors (Lipinski definition) is 1. The summed E-state index contributed by atoms with van der Waals surface area (Å²) in [6.45, 7) is 4.48. The Labute approximate surface area is 144 Å². The van der Waals surface area contributed by atoms with E-state index in [2.05, 4.69) is 24.9 Å². The van der Waals surface area contributed by atoms with Crippen LogP contribution in [0.2, 0.25) is 0 Å². The first-order chi connectivity index (χ1) is 12.0. The van der Waals surface area contributed by atoms with Crippen LogP contribution in [0.1, 0.15) is 43.1 Å². The molecule has 0 saturated heterocycles. The highest BCUT2D eigenvalue weighted by atomic mass is 32.2. The van der Waals surface area contributed by atoms with Crippen LogP contribution in [0.15, 0.2) is 21.7 Å². The normalized spacial score (nSPS) is 17.8. The molecule has 0 spiro atoms. The first-order valence-electron chi connectivity index (χ1n) is 8.16. The first-order valence-corrected chi connectivity index (χ1v) is 9.64. The molecule has 0 saturated carbocycles. The number of aromatic nitrogens is 5. The zero-order chi connectivity index (χ0) is 17.6. The Morgan fingerprint density at radius 1 is 1.44 bits per heavy atom. The van der Waals surface area contributed by atoms with Crippen LogP contribution in [-0.2, 0) is 23.0 Å². The van der Waals surface area contributed by atoms with Crippen molar-refractivity contribution in [3.8, 4) is 0 Å². The number of rotatable bonds is 4.